The highest BCUT2D eigenvalue weighted by atomic mass is 19.1. The van der Waals surface area contributed by atoms with Crippen LogP contribution < -0.4 is 10.6 Å². The number of ether oxygens (including phenoxy) is 1. The van der Waals surface area contributed by atoms with Gasteiger partial charge in [0.1, 0.15) is 17.9 Å². The molecule has 2 N–H and O–H groups in total. The Hall–Kier alpha value is -2.97. The molecule has 0 atom stereocenters. The summed E-state index contributed by atoms with van der Waals surface area (Å²) in [5.41, 5.74) is -0.530. The molecule has 9 heteroatoms. The van der Waals surface area contributed by atoms with Gasteiger partial charge in [0, 0.05) is 12.1 Å². The number of halogens is 1. The van der Waals surface area contributed by atoms with Gasteiger partial charge in [0.2, 0.25) is 0 Å². The van der Waals surface area contributed by atoms with Crippen molar-refractivity contribution in [2.75, 3.05) is 13.2 Å². The standard InChI is InChI=1S/C23H30FN3O5/c1-22(2,3)16-8-10-23(11-9-16)20(30)27(21(31)26-23)13-19(29)32-14-18(28)25-12-15-6-4-5-7-17(15)24/h4-7,16H,8-14H2,1-3H3,(H,25,28)(H,26,31). The molecule has 1 aliphatic heterocycles. The summed E-state index contributed by atoms with van der Waals surface area (Å²) in [6.45, 7) is 5.30. The second kappa shape index (κ2) is 9.26. The van der Waals surface area contributed by atoms with Crippen molar-refractivity contribution in [3.8, 4) is 0 Å². The first-order chi connectivity index (χ1) is 15.0. The van der Waals surface area contributed by atoms with E-state index < -0.39 is 48.3 Å². The Balaban J connectivity index is 1.47. The topological polar surface area (TPSA) is 105 Å². The maximum absolute atomic E-state index is 13.6. The fourth-order valence-electron chi connectivity index (χ4n) is 4.34. The van der Waals surface area contributed by atoms with Gasteiger partial charge in [-0.25, -0.2) is 9.18 Å². The maximum atomic E-state index is 13.6. The van der Waals surface area contributed by atoms with Gasteiger partial charge in [0.05, 0.1) is 0 Å². The Labute approximate surface area is 186 Å². The summed E-state index contributed by atoms with van der Waals surface area (Å²) in [4.78, 5) is 50.2. The van der Waals surface area contributed by atoms with Crippen LogP contribution in [0.2, 0.25) is 0 Å². The molecule has 1 heterocycles. The summed E-state index contributed by atoms with van der Waals surface area (Å²) in [5, 5.41) is 5.22. The normalized spacial score (nSPS) is 23.2. The monoisotopic (exact) mass is 447 g/mol. The van der Waals surface area contributed by atoms with Gasteiger partial charge in [0.25, 0.3) is 11.8 Å². The number of amides is 4. The molecule has 0 radical (unpaired) electrons. The van der Waals surface area contributed by atoms with Gasteiger partial charge in [-0.15, -0.1) is 0 Å². The van der Waals surface area contributed by atoms with E-state index in [4.69, 9.17) is 4.74 Å². The molecule has 4 amide bonds. The lowest BCUT2D eigenvalue weighted by Crippen LogP contribution is -2.50. The maximum Gasteiger partial charge on any atom is 0.326 e. The second-order valence-electron chi connectivity index (χ2n) is 9.57. The van der Waals surface area contributed by atoms with Crippen molar-refractivity contribution in [1.29, 1.82) is 0 Å². The number of esters is 1. The van der Waals surface area contributed by atoms with Crippen LogP contribution in [0.4, 0.5) is 9.18 Å². The lowest BCUT2D eigenvalue weighted by Gasteiger charge is -2.40. The van der Waals surface area contributed by atoms with Crippen LogP contribution in [-0.2, 0) is 25.7 Å². The van der Waals surface area contributed by atoms with E-state index in [1.165, 1.54) is 12.1 Å². The molecule has 8 nitrogen and oxygen atoms in total. The molecule has 1 aromatic rings. The number of imide groups is 1. The number of benzene rings is 1. The van der Waals surface area contributed by atoms with Gasteiger partial charge in [-0.2, -0.15) is 0 Å². The summed E-state index contributed by atoms with van der Waals surface area (Å²) in [7, 11) is 0. The molecular weight excluding hydrogens is 417 g/mol. The minimum Gasteiger partial charge on any atom is -0.454 e. The molecule has 0 bridgehead atoms. The average Bonchev–Trinajstić information content (AvgIpc) is 2.95. The molecule has 2 aliphatic rings. The Morgan fingerprint density at radius 1 is 1.22 bits per heavy atom. The van der Waals surface area contributed by atoms with E-state index in [2.05, 4.69) is 31.4 Å². The Morgan fingerprint density at radius 3 is 2.50 bits per heavy atom. The van der Waals surface area contributed by atoms with E-state index in [0.717, 1.165) is 17.7 Å². The molecule has 1 saturated heterocycles. The Kier molecular flexibility index (Phi) is 6.85. The molecule has 1 aliphatic carbocycles. The van der Waals surface area contributed by atoms with E-state index in [1.807, 2.05) is 0 Å². The Morgan fingerprint density at radius 2 is 1.88 bits per heavy atom. The van der Waals surface area contributed by atoms with Gasteiger partial charge in [-0.1, -0.05) is 39.0 Å². The van der Waals surface area contributed by atoms with E-state index in [1.54, 1.807) is 12.1 Å². The zero-order valence-corrected chi connectivity index (χ0v) is 18.7. The number of hydrogen-bond donors (Lipinski definition) is 2. The molecule has 2 fully saturated rings. The predicted molar refractivity (Wildman–Crippen MR) is 114 cm³/mol. The van der Waals surface area contributed by atoms with Gasteiger partial charge in [-0.05, 0) is 43.1 Å². The average molecular weight is 448 g/mol. The molecule has 3 rings (SSSR count). The highest BCUT2D eigenvalue weighted by Gasteiger charge is 2.53. The molecule has 1 saturated carbocycles. The first-order valence-electron chi connectivity index (χ1n) is 10.8. The van der Waals surface area contributed by atoms with Crippen molar-refractivity contribution in [1.82, 2.24) is 15.5 Å². The minimum absolute atomic E-state index is 0.0475. The van der Waals surface area contributed by atoms with Crippen molar-refractivity contribution in [3.63, 3.8) is 0 Å². The van der Waals surface area contributed by atoms with Crippen LogP contribution in [-0.4, -0.2) is 47.4 Å². The highest BCUT2D eigenvalue weighted by molar-refractivity contribution is 6.08. The number of carbonyl (C=O) groups is 4. The summed E-state index contributed by atoms with van der Waals surface area (Å²) in [6.07, 6.45) is 2.69. The Bertz CT molecular complexity index is 903. The van der Waals surface area contributed by atoms with Crippen molar-refractivity contribution >= 4 is 23.8 Å². The second-order valence-corrected chi connectivity index (χ2v) is 9.57. The molecule has 0 aromatic heterocycles. The zero-order chi connectivity index (χ0) is 23.5. The molecule has 174 valence electrons. The van der Waals surface area contributed by atoms with Gasteiger partial charge >= 0.3 is 12.0 Å². The molecule has 32 heavy (non-hydrogen) atoms. The number of urea groups is 1. The van der Waals surface area contributed by atoms with Crippen molar-refractivity contribution in [2.45, 2.75) is 58.5 Å². The molecular formula is C23H30FN3O5. The molecule has 0 unspecified atom stereocenters. The van der Waals surface area contributed by atoms with Crippen LogP contribution in [0.15, 0.2) is 24.3 Å². The summed E-state index contributed by atoms with van der Waals surface area (Å²) in [6, 6.07) is 5.38. The lowest BCUT2D eigenvalue weighted by molar-refractivity contribution is -0.151. The third-order valence-electron chi connectivity index (χ3n) is 6.40. The number of nitrogens with zero attached hydrogens (tertiary/aromatic N) is 1. The third-order valence-corrected chi connectivity index (χ3v) is 6.40. The first-order valence-corrected chi connectivity index (χ1v) is 10.8. The SMILES string of the molecule is CC(C)(C)C1CCC2(CC1)NC(=O)N(CC(=O)OCC(=O)NCc1ccccc1F)C2=O. The first kappa shape index (κ1) is 23.7. The third kappa shape index (κ3) is 5.26. The van der Waals surface area contributed by atoms with Crippen molar-refractivity contribution < 1.29 is 28.3 Å². The molecule has 1 aromatic carbocycles. The summed E-state index contributed by atoms with van der Waals surface area (Å²) < 4.78 is 18.5. The fraction of sp³-hybridized carbons (Fsp3) is 0.565. The number of hydrogen-bond acceptors (Lipinski definition) is 5. The predicted octanol–water partition coefficient (Wildman–Crippen LogP) is 2.51. The van der Waals surface area contributed by atoms with Gasteiger partial charge in [-0.3, -0.25) is 19.3 Å². The summed E-state index contributed by atoms with van der Waals surface area (Å²) >= 11 is 0. The van der Waals surface area contributed by atoms with E-state index in [9.17, 15) is 23.6 Å². The van der Waals surface area contributed by atoms with E-state index >= 15 is 0 Å². The number of carbonyl (C=O) groups excluding carboxylic acids is 4. The minimum atomic E-state index is -0.962. The zero-order valence-electron chi connectivity index (χ0n) is 18.7. The van der Waals surface area contributed by atoms with E-state index in [-0.39, 0.29) is 12.0 Å². The van der Waals surface area contributed by atoms with Crippen LogP contribution in [0.25, 0.3) is 0 Å². The lowest BCUT2D eigenvalue weighted by atomic mass is 9.67. The largest absolute Gasteiger partial charge is 0.454 e. The van der Waals surface area contributed by atoms with Crippen LogP contribution in [0.1, 0.15) is 52.0 Å². The van der Waals surface area contributed by atoms with Crippen molar-refractivity contribution in [2.24, 2.45) is 11.3 Å². The summed E-state index contributed by atoms with van der Waals surface area (Å²) in [5.74, 6) is -1.89. The molecule has 1 spiro atoms. The number of nitrogens with one attached hydrogen (secondary N) is 2. The van der Waals surface area contributed by atoms with Crippen LogP contribution >= 0.6 is 0 Å². The van der Waals surface area contributed by atoms with Gasteiger partial charge < -0.3 is 15.4 Å². The van der Waals surface area contributed by atoms with Crippen LogP contribution in [0.3, 0.4) is 0 Å². The van der Waals surface area contributed by atoms with Gasteiger partial charge in [0.15, 0.2) is 6.61 Å². The highest BCUT2D eigenvalue weighted by Crippen LogP contribution is 2.43. The fourth-order valence-corrected chi connectivity index (χ4v) is 4.34. The smallest absolute Gasteiger partial charge is 0.326 e. The van der Waals surface area contributed by atoms with Crippen LogP contribution in [0.5, 0.6) is 0 Å². The van der Waals surface area contributed by atoms with Crippen molar-refractivity contribution in [3.05, 3.63) is 35.6 Å². The van der Waals surface area contributed by atoms with Crippen LogP contribution in [0, 0.1) is 17.2 Å². The number of rotatable bonds is 6. The quantitative estimate of drug-likeness (QED) is 0.515. The van der Waals surface area contributed by atoms with E-state index in [0.29, 0.717) is 24.3 Å².